The minimum Gasteiger partial charge on any atom is -0.356 e. The summed E-state index contributed by atoms with van der Waals surface area (Å²) in [6.07, 6.45) is -3.34. The molecule has 1 fully saturated rings. The van der Waals surface area contributed by atoms with Crippen molar-refractivity contribution in [1.82, 2.24) is 15.1 Å². The van der Waals surface area contributed by atoms with E-state index in [-0.39, 0.29) is 29.9 Å². The molecule has 8 heteroatoms. The molecule has 1 aliphatic rings. The summed E-state index contributed by atoms with van der Waals surface area (Å²) in [4.78, 5) is 7.94. The zero-order valence-electron chi connectivity index (χ0n) is 14.6. The monoisotopic (exact) mass is 470 g/mol. The third-order valence-electron chi connectivity index (χ3n) is 4.00. The number of hydrogen-bond acceptors (Lipinski definition) is 2. The van der Waals surface area contributed by atoms with Gasteiger partial charge in [0.25, 0.3) is 0 Å². The highest BCUT2D eigenvalue weighted by Gasteiger charge is 2.34. The van der Waals surface area contributed by atoms with E-state index in [2.05, 4.69) is 10.3 Å². The van der Waals surface area contributed by atoms with Gasteiger partial charge in [-0.25, -0.2) is 4.99 Å². The summed E-state index contributed by atoms with van der Waals surface area (Å²) in [6.45, 7) is 1.38. The molecule has 0 bridgehead atoms. The van der Waals surface area contributed by atoms with Crippen LogP contribution in [0.15, 0.2) is 35.3 Å². The van der Waals surface area contributed by atoms with Gasteiger partial charge in [-0.3, -0.25) is 4.90 Å². The summed E-state index contributed by atoms with van der Waals surface area (Å²) in [5.41, 5.74) is 1.12. The summed E-state index contributed by atoms with van der Waals surface area (Å²) < 4.78 is 37.3. The molecule has 1 unspecified atom stereocenters. The number of hydrogen-bond donors (Lipinski definition) is 1. The number of nitrogens with zero attached hydrogens (tertiary/aromatic N) is 3. The molecule has 0 radical (unpaired) electrons. The average molecular weight is 470 g/mol. The van der Waals surface area contributed by atoms with E-state index in [1.54, 1.807) is 0 Å². The molecular formula is C17H26F3IN4. The molecule has 25 heavy (non-hydrogen) atoms. The largest absolute Gasteiger partial charge is 0.401 e. The normalized spacial score (nSPS) is 18.8. The molecule has 2 rings (SSSR count). The maximum Gasteiger partial charge on any atom is 0.401 e. The highest BCUT2D eigenvalue weighted by molar-refractivity contribution is 14.0. The van der Waals surface area contributed by atoms with Crippen LogP contribution < -0.4 is 5.32 Å². The van der Waals surface area contributed by atoms with Gasteiger partial charge in [0, 0.05) is 27.2 Å². The number of rotatable bonds is 5. The van der Waals surface area contributed by atoms with Crippen LogP contribution in [-0.4, -0.2) is 62.2 Å². The topological polar surface area (TPSA) is 30.9 Å². The Hall–Kier alpha value is -1.03. The molecule has 1 heterocycles. The molecule has 1 aliphatic heterocycles. The fourth-order valence-corrected chi connectivity index (χ4v) is 2.82. The van der Waals surface area contributed by atoms with Crippen LogP contribution in [0.1, 0.15) is 12.0 Å². The smallest absolute Gasteiger partial charge is 0.356 e. The Morgan fingerprint density at radius 1 is 1.28 bits per heavy atom. The van der Waals surface area contributed by atoms with E-state index in [9.17, 15) is 13.2 Å². The van der Waals surface area contributed by atoms with Gasteiger partial charge < -0.3 is 10.2 Å². The zero-order chi connectivity index (χ0) is 17.6. The first-order valence-electron chi connectivity index (χ1n) is 8.12. The molecule has 1 aromatic rings. The third kappa shape index (κ3) is 8.26. The quantitative estimate of drug-likeness (QED) is 0.408. The van der Waals surface area contributed by atoms with E-state index < -0.39 is 12.7 Å². The Kier molecular flexibility index (Phi) is 8.98. The number of nitrogens with one attached hydrogen (secondary N) is 1. The number of benzene rings is 1. The Labute approximate surface area is 164 Å². The first-order valence-corrected chi connectivity index (χ1v) is 8.12. The lowest BCUT2D eigenvalue weighted by molar-refractivity contribution is -0.143. The molecular weight excluding hydrogens is 444 g/mol. The predicted molar refractivity (Wildman–Crippen MR) is 105 cm³/mol. The van der Waals surface area contributed by atoms with Crippen LogP contribution in [0.2, 0.25) is 0 Å². The SMILES string of the molecule is CN(C)C(=NCc1ccccc1)NCC1CCN(CC(F)(F)F)C1.I. The van der Waals surface area contributed by atoms with E-state index in [0.29, 0.717) is 26.2 Å². The molecule has 0 saturated carbocycles. The summed E-state index contributed by atoms with van der Waals surface area (Å²) in [5.74, 6) is 0.974. The maximum absolute atomic E-state index is 12.4. The van der Waals surface area contributed by atoms with Gasteiger partial charge in [-0.1, -0.05) is 30.3 Å². The molecule has 1 aromatic carbocycles. The van der Waals surface area contributed by atoms with E-state index in [4.69, 9.17) is 0 Å². The zero-order valence-corrected chi connectivity index (χ0v) is 16.9. The van der Waals surface area contributed by atoms with Crippen molar-refractivity contribution in [2.75, 3.05) is 40.3 Å². The molecule has 0 spiro atoms. The van der Waals surface area contributed by atoms with Crippen LogP contribution in [0, 0.1) is 5.92 Å². The first-order chi connectivity index (χ1) is 11.3. The molecule has 4 nitrogen and oxygen atoms in total. The summed E-state index contributed by atoms with van der Waals surface area (Å²) in [6, 6.07) is 9.94. The van der Waals surface area contributed by atoms with Gasteiger partial charge in [-0.05, 0) is 24.4 Å². The molecule has 1 saturated heterocycles. The average Bonchev–Trinajstić information content (AvgIpc) is 2.93. The van der Waals surface area contributed by atoms with Crippen molar-refractivity contribution in [3.8, 4) is 0 Å². The van der Waals surface area contributed by atoms with Crippen molar-refractivity contribution in [1.29, 1.82) is 0 Å². The molecule has 0 aliphatic carbocycles. The standard InChI is InChI=1S/C17H25F3N4.HI/c1-23(2)16(21-10-14-6-4-3-5-7-14)22-11-15-8-9-24(12-15)13-17(18,19)20;/h3-7,15H,8-13H2,1-2H3,(H,21,22);1H. The molecule has 1 atom stereocenters. The van der Waals surface area contributed by atoms with Gasteiger partial charge in [-0.2, -0.15) is 13.2 Å². The van der Waals surface area contributed by atoms with Crippen molar-refractivity contribution in [3.05, 3.63) is 35.9 Å². The van der Waals surface area contributed by atoms with Crippen LogP contribution in [-0.2, 0) is 6.54 Å². The maximum atomic E-state index is 12.4. The van der Waals surface area contributed by atoms with E-state index in [1.807, 2.05) is 49.3 Å². The van der Waals surface area contributed by atoms with Gasteiger partial charge >= 0.3 is 6.18 Å². The molecule has 0 amide bonds. The summed E-state index contributed by atoms with van der Waals surface area (Å²) >= 11 is 0. The van der Waals surface area contributed by atoms with Gasteiger partial charge in [-0.15, -0.1) is 24.0 Å². The van der Waals surface area contributed by atoms with Crippen molar-refractivity contribution in [3.63, 3.8) is 0 Å². The number of guanidine groups is 1. The predicted octanol–water partition coefficient (Wildman–Crippen LogP) is 3.20. The Balaban J connectivity index is 0.00000312. The first kappa shape index (κ1) is 22.0. The van der Waals surface area contributed by atoms with Crippen LogP contribution >= 0.6 is 24.0 Å². The summed E-state index contributed by atoms with van der Waals surface area (Å²) in [5, 5.41) is 3.28. The molecule has 142 valence electrons. The van der Waals surface area contributed by atoms with Gasteiger partial charge in [0.2, 0.25) is 0 Å². The number of halogens is 4. The van der Waals surface area contributed by atoms with Crippen molar-refractivity contribution < 1.29 is 13.2 Å². The van der Waals surface area contributed by atoms with E-state index >= 15 is 0 Å². The lowest BCUT2D eigenvalue weighted by Crippen LogP contribution is -2.40. The highest BCUT2D eigenvalue weighted by atomic mass is 127. The van der Waals surface area contributed by atoms with E-state index in [1.165, 1.54) is 4.90 Å². The molecule has 1 N–H and O–H groups in total. The van der Waals surface area contributed by atoms with Crippen molar-refractivity contribution >= 4 is 29.9 Å². The Morgan fingerprint density at radius 3 is 2.56 bits per heavy atom. The van der Waals surface area contributed by atoms with Crippen molar-refractivity contribution in [2.24, 2.45) is 10.9 Å². The van der Waals surface area contributed by atoms with Gasteiger partial charge in [0.05, 0.1) is 13.1 Å². The highest BCUT2D eigenvalue weighted by Crippen LogP contribution is 2.22. The lowest BCUT2D eigenvalue weighted by Gasteiger charge is -2.21. The van der Waals surface area contributed by atoms with Crippen LogP contribution in [0.25, 0.3) is 0 Å². The van der Waals surface area contributed by atoms with Gasteiger partial charge in [0.15, 0.2) is 5.96 Å². The fourth-order valence-electron chi connectivity index (χ4n) is 2.82. The second kappa shape index (κ2) is 10.2. The minimum absolute atomic E-state index is 0. The van der Waals surface area contributed by atoms with Crippen molar-refractivity contribution in [2.45, 2.75) is 19.1 Å². The second-order valence-corrected chi connectivity index (χ2v) is 6.41. The number of alkyl halides is 3. The van der Waals surface area contributed by atoms with Crippen LogP contribution in [0.5, 0.6) is 0 Å². The number of likely N-dealkylation sites (tertiary alicyclic amines) is 1. The lowest BCUT2D eigenvalue weighted by atomic mass is 10.1. The third-order valence-corrected chi connectivity index (χ3v) is 4.00. The minimum atomic E-state index is -4.12. The second-order valence-electron chi connectivity index (χ2n) is 6.41. The Bertz CT molecular complexity index is 534. The van der Waals surface area contributed by atoms with Gasteiger partial charge in [0.1, 0.15) is 0 Å². The van der Waals surface area contributed by atoms with Crippen LogP contribution in [0.3, 0.4) is 0 Å². The Morgan fingerprint density at radius 2 is 1.96 bits per heavy atom. The fraction of sp³-hybridized carbons (Fsp3) is 0.588. The number of aliphatic imine (C=N–C) groups is 1. The van der Waals surface area contributed by atoms with Crippen LogP contribution in [0.4, 0.5) is 13.2 Å². The summed E-state index contributed by atoms with van der Waals surface area (Å²) in [7, 11) is 3.81. The van der Waals surface area contributed by atoms with E-state index in [0.717, 1.165) is 17.9 Å². The molecule has 0 aromatic heterocycles.